The van der Waals surface area contributed by atoms with E-state index in [1.165, 1.54) is 52.3 Å². The molecular formula is C20H13ClFN5O2S2. The Hall–Kier alpha value is -3.08. The number of fused-ring (bicyclic) bond motifs is 3. The van der Waals surface area contributed by atoms with E-state index in [1.54, 1.807) is 12.1 Å². The Bertz CT molecular complexity index is 1510. The first-order valence-corrected chi connectivity index (χ1v) is 11.8. The number of anilines is 1. The number of benzene rings is 2. The molecule has 0 aliphatic heterocycles. The van der Waals surface area contributed by atoms with Crippen LogP contribution in [0.4, 0.5) is 10.2 Å². The molecule has 5 aromatic rings. The Morgan fingerprint density at radius 3 is 2.55 bits per heavy atom. The smallest absolute Gasteiger partial charge is 0.229 e. The highest BCUT2D eigenvalue weighted by Gasteiger charge is 2.27. The van der Waals surface area contributed by atoms with Gasteiger partial charge in [-0.25, -0.2) is 17.8 Å². The van der Waals surface area contributed by atoms with Gasteiger partial charge in [0.25, 0.3) is 0 Å². The molecule has 0 saturated heterocycles. The Labute approximate surface area is 185 Å². The lowest BCUT2D eigenvalue weighted by atomic mass is 10.2. The normalized spacial score (nSPS) is 11.9. The zero-order valence-electron chi connectivity index (χ0n) is 15.7. The lowest BCUT2D eigenvalue weighted by Crippen LogP contribution is -2.06. The van der Waals surface area contributed by atoms with Crippen molar-refractivity contribution in [1.29, 1.82) is 0 Å². The maximum atomic E-state index is 13.2. The van der Waals surface area contributed by atoms with Crippen molar-refractivity contribution < 1.29 is 12.8 Å². The largest absolute Gasteiger partial charge is 0.365 e. The Morgan fingerprint density at radius 2 is 1.81 bits per heavy atom. The number of hydrogen-bond donors (Lipinski definition) is 1. The third kappa shape index (κ3) is 3.52. The van der Waals surface area contributed by atoms with Crippen LogP contribution < -0.4 is 5.32 Å². The second-order valence-corrected chi connectivity index (χ2v) is 9.88. The molecule has 0 spiro atoms. The van der Waals surface area contributed by atoms with Crippen LogP contribution in [0, 0.1) is 5.82 Å². The minimum Gasteiger partial charge on any atom is -0.365 e. The van der Waals surface area contributed by atoms with Crippen LogP contribution in [0.15, 0.2) is 69.9 Å². The van der Waals surface area contributed by atoms with Gasteiger partial charge in [-0.1, -0.05) is 28.9 Å². The highest BCUT2D eigenvalue weighted by molar-refractivity contribution is 7.91. The summed E-state index contributed by atoms with van der Waals surface area (Å²) in [5.74, 6) is 0.183. The van der Waals surface area contributed by atoms with E-state index in [0.717, 1.165) is 10.3 Å². The molecule has 31 heavy (non-hydrogen) atoms. The molecule has 0 unspecified atom stereocenters. The number of thiophene rings is 1. The fourth-order valence-corrected chi connectivity index (χ4v) is 5.33. The van der Waals surface area contributed by atoms with Gasteiger partial charge in [0.15, 0.2) is 5.65 Å². The molecule has 3 heterocycles. The highest BCUT2D eigenvalue weighted by Crippen LogP contribution is 2.31. The zero-order chi connectivity index (χ0) is 21.6. The monoisotopic (exact) mass is 473 g/mol. The Morgan fingerprint density at radius 1 is 1.06 bits per heavy atom. The zero-order valence-corrected chi connectivity index (χ0v) is 18.0. The summed E-state index contributed by atoms with van der Waals surface area (Å²) in [7, 11) is -3.96. The first kappa shape index (κ1) is 19.9. The summed E-state index contributed by atoms with van der Waals surface area (Å²) < 4.78 is 41.7. The van der Waals surface area contributed by atoms with Crippen LogP contribution in [0.25, 0.3) is 15.9 Å². The van der Waals surface area contributed by atoms with Crippen LogP contribution in [-0.2, 0) is 16.4 Å². The van der Waals surface area contributed by atoms with E-state index in [0.29, 0.717) is 22.9 Å². The molecule has 11 heteroatoms. The number of aromatic nitrogens is 4. The van der Waals surface area contributed by atoms with E-state index in [4.69, 9.17) is 11.6 Å². The van der Waals surface area contributed by atoms with Crippen LogP contribution in [0.3, 0.4) is 0 Å². The van der Waals surface area contributed by atoms with Gasteiger partial charge in [-0.05, 0) is 53.4 Å². The molecular weight excluding hydrogens is 461 g/mol. The molecule has 3 aromatic heterocycles. The molecule has 0 radical (unpaired) electrons. The number of nitrogens with zero attached hydrogens (tertiary/aromatic N) is 4. The summed E-state index contributed by atoms with van der Waals surface area (Å²) in [4.78, 5) is 4.58. The first-order valence-electron chi connectivity index (χ1n) is 9.05. The molecule has 0 aliphatic rings. The molecule has 0 fully saturated rings. The standard InChI is InChI=1S/C20H13ClFN5O2S2/c21-13-3-7-15(8-4-13)31(28,29)20-19-24-18(23-11-12-1-5-14(22)6-2-12)17-16(9-10-30-17)27(19)26-25-20/h1-10H,11H2,(H,23,24). The predicted molar refractivity (Wildman–Crippen MR) is 117 cm³/mol. The van der Waals surface area contributed by atoms with Crippen molar-refractivity contribution in [2.75, 3.05) is 5.32 Å². The van der Waals surface area contributed by atoms with E-state index >= 15 is 0 Å². The average Bonchev–Trinajstić information content (AvgIpc) is 3.40. The van der Waals surface area contributed by atoms with Crippen molar-refractivity contribution in [1.82, 2.24) is 19.8 Å². The minimum absolute atomic E-state index is 0.0485. The molecule has 0 bridgehead atoms. The van der Waals surface area contributed by atoms with E-state index in [-0.39, 0.29) is 21.4 Å². The minimum atomic E-state index is -3.96. The van der Waals surface area contributed by atoms with Gasteiger partial charge >= 0.3 is 0 Å². The third-order valence-electron chi connectivity index (χ3n) is 4.67. The molecule has 0 atom stereocenters. The summed E-state index contributed by atoms with van der Waals surface area (Å²) in [6.45, 7) is 0.386. The third-order valence-corrected chi connectivity index (χ3v) is 7.50. The predicted octanol–water partition coefficient (Wildman–Crippen LogP) is 4.58. The van der Waals surface area contributed by atoms with Crippen molar-refractivity contribution >= 4 is 54.5 Å². The van der Waals surface area contributed by atoms with Gasteiger partial charge in [0.05, 0.1) is 15.1 Å². The molecule has 156 valence electrons. The molecule has 1 N–H and O–H groups in total. The quantitative estimate of drug-likeness (QED) is 0.402. The van der Waals surface area contributed by atoms with Gasteiger partial charge in [0.1, 0.15) is 11.6 Å². The molecule has 0 saturated carbocycles. The maximum absolute atomic E-state index is 13.2. The fraction of sp³-hybridized carbons (Fsp3) is 0.0500. The maximum Gasteiger partial charge on any atom is 0.229 e. The van der Waals surface area contributed by atoms with Crippen molar-refractivity contribution in [3.8, 4) is 0 Å². The molecule has 0 aliphatic carbocycles. The van der Waals surface area contributed by atoms with Crippen LogP contribution in [0.2, 0.25) is 5.02 Å². The molecule has 2 aromatic carbocycles. The SMILES string of the molecule is O=S(=O)(c1ccc(Cl)cc1)c1nnn2c1nc(NCc1ccc(F)cc1)c1sccc12. The van der Waals surface area contributed by atoms with Gasteiger partial charge < -0.3 is 5.32 Å². The summed E-state index contributed by atoms with van der Waals surface area (Å²) in [5.41, 5.74) is 1.65. The Kier molecular flexibility index (Phi) is 4.84. The van der Waals surface area contributed by atoms with Gasteiger partial charge in [-0.3, -0.25) is 0 Å². The summed E-state index contributed by atoms with van der Waals surface area (Å²) in [6.07, 6.45) is 0. The second kappa shape index (κ2) is 7.56. The number of hydrogen-bond acceptors (Lipinski definition) is 7. The van der Waals surface area contributed by atoms with E-state index in [2.05, 4.69) is 20.6 Å². The van der Waals surface area contributed by atoms with Crippen LogP contribution in [0.1, 0.15) is 5.56 Å². The number of sulfone groups is 1. The summed E-state index contributed by atoms with van der Waals surface area (Å²) in [6, 6.07) is 13.8. The van der Waals surface area contributed by atoms with Gasteiger partial charge in [-0.15, -0.1) is 16.4 Å². The molecule has 7 nitrogen and oxygen atoms in total. The number of nitrogens with one attached hydrogen (secondary N) is 1. The average molecular weight is 474 g/mol. The van der Waals surface area contributed by atoms with Gasteiger partial charge in [0, 0.05) is 11.6 Å². The van der Waals surface area contributed by atoms with Crippen LogP contribution >= 0.6 is 22.9 Å². The molecule has 5 rings (SSSR count). The summed E-state index contributed by atoms with van der Waals surface area (Å²) in [5, 5.41) is 13.2. The van der Waals surface area contributed by atoms with Crippen molar-refractivity contribution in [2.24, 2.45) is 0 Å². The van der Waals surface area contributed by atoms with Gasteiger partial charge in [-0.2, -0.15) is 4.52 Å². The van der Waals surface area contributed by atoms with Crippen molar-refractivity contribution in [2.45, 2.75) is 16.5 Å². The molecule has 0 amide bonds. The highest BCUT2D eigenvalue weighted by atomic mass is 35.5. The lowest BCUT2D eigenvalue weighted by molar-refractivity contribution is 0.592. The van der Waals surface area contributed by atoms with E-state index < -0.39 is 9.84 Å². The summed E-state index contributed by atoms with van der Waals surface area (Å²) >= 11 is 7.33. The fourth-order valence-electron chi connectivity index (χ4n) is 3.13. The lowest BCUT2D eigenvalue weighted by Gasteiger charge is -2.08. The number of rotatable bonds is 5. The second-order valence-electron chi connectivity index (χ2n) is 6.66. The number of halogens is 2. The van der Waals surface area contributed by atoms with Crippen molar-refractivity contribution in [3.63, 3.8) is 0 Å². The van der Waals surface area contributed by atoms with Crippen LogP contribution in [0.5, 0.6) is 0 Å². The van der Waals surface area contributed by atoms with Crippen LogP contribution in [-0.4, -0.2) is 28.2 Å². The van der Waals surface area contributed by atoms with Crippen molar-refractivity contribution in [3.05, 3.63) is 76.4 Å². The first-order chi connectivity index (χ1) is 14.9. The van der Waals surface area contributed by atoms with E-state index in [1.807, 2.05) is 11.4 Å². The Balaban J connectivity index is 1.61. The van der Waals surface area contributed by atoms with Gasteiger partial charge in [0.2, 0.25) is 14.9 Å². The topological polar surface area (TPSA) is 89.2 Å². The van der Waals surface area contributed by atoms with E-state index in [9.17, 15) is 12.8 Å².